The molecule has 1 aliphatic heterocycles. The molecule has 1 unspecified atom stereocenters. The van der Waals surface area contributed by atoms with Gasteiger partial charge in [0.25, 0.3) is 0 Å². The maximum Gasteiger partial charge on any atom is 0.379 e. The fourth-order valence-electron chi connectivity index (χ4n) is 3.08. The van der Waals surface area contributed by atoms with Crippen molar-refractivity contribution in [2.45, 2.75) is 5.92 Å². The van der Waals surface area contributed by atoms with Gasteiger partial charge in [0.2, 0.25) is 11.6 Å². The number of allylic oxidation sites excluding steroid dienone is 1. The van der Waals surface area contributed by atoms with E-state index in [0.717, 1.165) is 5.56 Å². The lowest BCUT2D eigenvalue weighted by molar-refractivity contribution is 0.0701. The summed E-state index contributed by atoms with van der Waals surface area (Å²) in [5.41, 5.74) is 7.78. The monoisotopic (exact) mass is 392 g/mol. The number of carbonyl (C=O) groups is 1. The van der Waals surface area contributed by atoms with E-state index in [-0.39, 0.29) is 23.0 Å². The SMILES string of the molecule is N#CC1=C(N)Oc2cc(OC(=O)c3ccco3)ccc2C1c1cccc(Cl)c1. The number of carbonyl (C=O) groups excluding carboxylic acids is 1. The highest BCUT2D eigenvalue weighted by Crippen LogP contribution is 2.43. The Kier molecular flexibility index (Phi) is 4.52. The number of nitriles is 1. The van der Waals surface area contributed by atoms with Gasteiger partial charge in [-0.05, 0) is 35.9 Å². The van der Waals surface area contributed by atoms with Gasteiger partial charge < -0.3 is 19.6 Å². The molecule has 0 amide bonds. The lowest BCUT2D eigenvalue weighted by Gasteiger charge is -2.26. The molecule has 0 aliphatic carbocycles. The number of ether oxygens (including phenoxy) is 2. The lowest BCUT2D eigenvalue weighted by atomic mass is 9.83. The quantitative estimate of drug-likeness (QED) is 0.525. The zero-order valence-electron chi connectivity index (χ0n) is 14.4. The van der Waals surface area contributed by atoms with Crippen LogP contribution in [0.2, 0.25) is 5.02 Å². The highest BCUT2D eigenvalue weighted by Gasteiger charge is 2.31. The predicted octanol–water partition coefficient (Wildman–Crippen LogP) is 4.37. The maximum absolute atomic E-state index is 12.1. The largest absolute Gasteiger partial charge is 0.457 e. The van der Waals surface area contributed by atoms with Crippen molar-refractivity contribution in [3.8, 4) is 17.6 Å². The second-order valence-corrected chi connectivity index (χ2v) is 6.48. The van der Waals surface area contributed by atoms with Crippen molar-refractivity contribution in [3.05, 3.63) is 94.2 Å². The third-order valence-corrected chi connectivity index (χ3v) is 4.54. The first kappa shape index (κ1) is 17.7. The molecule has 2 heterocycles. The standard InChI is InChI=1S/C21H13ClN2O4/c22-13-4-1-3-12(9-13)19-15-7-6-14(27-21(25)17-5-2-8-26-17)10-18(15)28-20(24)16(19)11-23/h1-10,19H,24H2. The molecule has 0 saturated heterocycles. The molecule has 2 aromatic carbocycles. The number of benzene rings is 2. The van der Waals surface area contributed by atoms with Gasteiger partial charge in [0, 0.05) is 16.7 Å². The molecule has 1 aliphatic rings. The highest BCUT2D eigenvalue weighted by molar-refractivity contribution is 6.30. The minimum Gasteiger partial charge on any atom is -0.457 e. The van der Waals surface area contributed by atoms with Gasteiger partial charge in [0.15, 0.2) is 0 Å². The van der Waals surface area contributed by atoms with E-state index >= 15 is 0 Å². The topological polar surface area (TPSA) is 98.5 Å². The molecule has 2 N–H and O–H groups in total. The second-order valence-electron chi connectivity index (χ2n) is 6.05. The van der Waals surface area contributed by atoms with E-state index in [2.05, 4.69) is 6.07 Å². The van der Waals surface area contributed by atoms with Gasteiger partial charge in [-0.25, -0.2) is 4.79 Å². The number of rotatable bonds is 3. The highest BCUT2D eigenvalue weighted by atomic mass is 35.5. The van der Waals surface area contributed by atoms with E-state index in [1.807, 2.05) is 6.07 Å². The third-order valence-electron chi connectivity index (χ3n) is 4.31. The van der Waals surface area contributed by atoms with Crippen LogP contribution < -0.4 is 15.2 Å². The number of esters is 1. The van der Waals surface area contributed by atoms with Gasteiger partial charge in [0.1, 0.15) is 23.1 Å². The fourth-order valence-corrected chi connectivity index (χ4v) is 3.28. The van der Waals surface area contributed by atoms with Gasteiger partial charge in [-0.3, -0.25) is 0 Å². The molecule has 0 radical (unpaired) electrons. The Morgan fingerprint density at radius 2 is 2.04 bits per heavy atom. The average Bonchev–Trinajstić information content (AvgIpc) is 3.21. The molecule has 7 heteroatoms. The zero-order chi connectivity index (χ0) is 19.7. The van der Waals surface area contributed by atoms with Crippen molar-refractivity contribution in [1.29, 1.82) is 5.26 Å². The van der Waals surface area contributed by atoms with Crippen LogP contribution in [-0.2, 0) is 0 Å². The molecule has 3 aromatic rings. The van der Waals surface area contributed by atoms with Gasteiger partial charge in [-0.15, -0.1) is 0 Å². The first-order valence-corrected chi connectivity index (χ1v) is 8.67. The minimum atomic E-state index is -0.631. The van der Waals surface area contributed by atoms with E-state index < -0.39 is 11.9 Å². The van der Waals surface area contributed by atoms with E-state index in [4.69, 9.17) is 31.2 Å². The van der Waals surface area contributed by atoms with Crippen LogP contribution >= 0.6 is 11.6 Å². The van der Waals surface area contributed by atoms with Crippen LogP contribution in [0, 0.1) is 11.3 Å². The Labute approximate surface area is 165 Å². The molecule has 0 saturated carbocycles. The van der Waals surface area contributed by atoms with Crippen LogP contribution in [0.4, 0.5) is 0 Å². The zero-order valence-corrected chi connectivity index (χ0v) is 15.1. The molecule has 0 bridgehead atoms. The summed E-state index contributed by atoms with van der Waals surface area (Å²) in [6.45, 7) is 0. The Bertz CT molecular complexity index is 1130. The lowest BCUT2D eigenvalue weighted by Crippen LogP contribution is -2.21. The Morgan fingerprint density at radius 3 is 2.75 bits per heavy atom. The molecule has 4 rings (SSSR count). The first-order valence-electron chi connectivity index (χ1n) is 8.29. The predicted molar refractivity (Wildman–Crippen MR) is 101 cm³/mol. The number of hydrogen-bond acceptors (Lipinski definition) is 6. The van der Waals surface area contributed by atoms with E-state index in [0.29, 0.717) is 16.3 Å². The van der Waals surface area contributed by atoms with Crippen LogP contribution in [0.3, 0.4) is 0 Å². The van der Waals surface area contributed by atoms with E-state index in [1.165, 1.54) is 12.3 Å². The molecule has 1 aromatic heterocycles. The normalized spacial score (nSPS) is 15.4. The Balaban J connectivity index is 1.73. The summed E-state index contributed by atoms with van der Waals surface area (Å²) in [4.78, 5) is 12.1. The Morgan fingerprint density at radius 1 is 1.18 bits per heavy atom. The molecule has 1 atom stereocenters. The summed E-state index contributed by atoms with van der Waals surface area (Å²) in [7, 11) is 0. The van der Waals surface area contributed by atoms with E-state index in [1.54, 1.807) is 42.5 Å². The average molecular weight is 393 g/mol. The number of nitrogens with two attached hydrogens (primary N) is 1. The van der Waals surface area contributed by atoms with Crippen LogP contribution in [0.1, 0.15) is 27.6 Å². The van der Waals surface area contributed by atoms with Gasteiger partial charge in [0.05, 0.1) is 12.2 Å². The summed E-state index contributed by atoms with van der Waals surface area (Å²) in [6, 6.07) is 17.3. The smallest absolute Gasteiger partial charge is 0.379 e. The first-order chi connectivity index (χ1) is 13.6. The van der Waals surface area contributed by atoms with Crippen molar-refractivity contribution in [2.24, 2.45) is 5.73 Å². The van der Waals surface area contributed by atoms with Gasteiger partial charge in [-0.1, -0.05) is 29.8 Å². The maximum atomic E-state index is 12.1. The third kappa shape index (κ3) is 3.20. The van der Waals surface area contributed by atoms with Gasteiger partial charge >= 0.3 is 5.97 Å². The van der Waals surface area contributed by atoms with E-state index in [9.17, 15) is 10.1 Å². The van der Waals surface area contributed by atoms with Crippen LogP contribution in [0.15, 0.2) is 76.7 Å². The van der Waals surface area contributed by atoms with Crippen molar-refractivity contribution < 1.29 is 18.7 Å². The fraction of sp³-hybridized carbons (Fsp3) is 0.0476. The number of fused-ring (bicyclic) bond motifs is 1. The molecule has 6 nitrogen and oxygen atoms in total. The molecule has 0 spiro atoms. The number of halogens is 1. The molecular weight excluding hydrogens is 380 g/mol. The summed E-state index contributed by atoms with van der Waals surface area (Å²) in [5.74, 6) is -0.337. The van der Waals surface area contributed by atoms with Crippen molar-refractivity contribution >= 4 is 17.6 Å². The number of furan rings is 1. The van der Waals surface area contributed by atoms with Crippen molar-refractivity contribution in [2.75, 3.05) is 0 Å². The van der Waals surface area contributed by atoms with Crippen LogP contribution in [0.5, 0.6) is 11.5 Å². The summed E-state index contributed by atoms with van der Waals surface area (Å²) in [6.07, 6.45) is 1.39. The minimum absolute atomic E-state index is 0.00510. The van der Waals surface area contributed by atoms with Crippen LogP contribution in [0.25, 0.3) is 0 Å². The molecular formula is C21H13ClN2O4. The molecule has 28 heavy (non-hydrogen) atoms. The second kappa shape index (κ2) is 7.14. The number of nitrogens with zero attached hydrogens (tertiary/aromatic N) is 1. The van der Waals surface area contributed by atoms with Crippen LogP contribution in [-0.4, -0.2) is 5.97 Å². The Hall–Kier alpha value is -3.69. The van der Waals surface area contributed by atoms with Gasteiger partial charge in [-0.2, -0.15) is 5.26 Å². The molecule has 0 fully saturated rings. The van der Waals surface area contributed by atoms with Crippen molar-refractivity contribution in [1.82, 2.24) is 0 Å². The summed E-state index contributed by atoms with van der Waals surface area (Å²) < 4.78 is 16.0. The number of hydrogen-bond donors (Lipinski definition) is 1. The molecule has 138 valence electrons. The van der Waals surface area contributed by atoms with Crippen molar-refractivity contribution in [3.63, 3.8) is 0 Å². The summed E-state index contributed by atoms with van der Waals surface area (Å²) >= 11 is 6.12. The summed E-state index contributed by atoms with van der Waals surface area (Å²) in [5, 5.41) is 10.1.